The van der Waals surface area contributed by atoms with Gasteiger partial charge in [0.1, 0.15) is 5.56 Å². The summed E-state index contributed by atoms with van der Waals surface area (Å²) in [5, 5.41) is 2.53. The van der Waals surface area contributed by atoms with Crippen molar-refractivity contribution in [3.05, 3.63) is 34.2 Å². The van der Waals surface area contributed by atoms with E-state index < -0.39 is 0 Å². The Balaban J connectivity index is 2.91. The molecule has 0 saturated carbocycles. The highest BCUT2D eigenvalue weighted by Gasteiger charge is 2.09. The molecule has 0 aliphatic carbocycles. The third-order valence-corrected chi connectivity index (χ3v) is 1.94. The first-order valence-electron chi connectivity index (χ1n) is 4.16. The molecule has 0 aromatic carbocycles. The molecule has 0 aliphatic rings. The molecule has 1 aromatic heterocycles. The number of nitrogens with one attached hydrogen (secondary N) is 1. The number of amides is 1. The van der Waals surface area contributed by atoms with Gasteiger partial charge in [-0.2, -0.15) is 0 Å². The summed E-state index contributed by atoms with van der Waals surface area (Å²) in [4.78, 5) is 22.8. The second-order valence-electron chi connectivity index (χ2n) is 2.78. The minimum atomic E-state index is -0.383. The SMILES string of the molecule is Cn1cccc(C(=O)NCCCl)c1=O. The largest absolute Gasteiger partial charge is 0.351 e. The number of halogens is 1. The summed E-state index contributed by atoms with van der Waals surface area (Å²) in [5.41, 5.74) is -0.167. The zero-order chi connectivity index (χ0) is 10.6. The van der Waals surface area contributed by atoms with Gasteiger partial charge in [0.2, 0.25) is 0 Å². The van der Waals surface area contributed by atoms with E-state index in [-0.39, 0.29) is 17.0 Å². The van der Waals surface area contributed by atoms with Crippen LogP contribution in [0.4, 0.5) is 0 Å². The monoisotopic (exact) mass is 214 g/mol. The molecule has 0 bridgehead atoms. The van der Waals surface area contributed by atoms with Crippen molar-refractivity contribution in [2.75, 3.05) is 12.4 Å². The number of hydrogen-bond acceptors (Lipinski definition) is 2. The summed E-state index contributed by atoms with van der Waals surface area (Å²) in [6.45, 7) is 0.360. The molecule has 1 N–H and O–H groups in total. The van der Waals surface area contributed by atoms with Gasteiger partial charge in [-0.3, -0.25) is 9.59 Å². The van der Waals surface area contributed by atoms with Crippen LogP contribution in [0.3, 0.4) is 0 Å². The van der Waals surface area contributed by atoms with Gasteiger partial charge in [0, 0.05) is 25.7 Å². The van der Waals surface area contributed by atoms with E-state index in [2.05, 4.69) is 5.32 Å². The average Bonchev–Trinajstić information content (AvgIpc) is 2.18. The highest BCUT2D eigenvalue weighted by molar-refractivity contribution is 6.18. The van der Waals surface area contributed by atoms with Gasteiger partial charge in [-0.15, -0.1) is 11.6 Å². The summed E-state index contributed by atoms with van der Waals surface area (Å²) >= 11 is 5.41. The van der Waals surface area contributed by atoms with Crippen molar-refractivity contribution in [1.29, 1.82) is 0 Å². The molecule has 0 saturated heterocycles. The summed E-state index contributed by atoms with van der Waals surface area (Å²) in [6.07, 6.45) is 1.60. The van der Waals surface area contributed by atoms with Crippen LogP contribution in [0.15, 0.2) is 23.1 Å². The van der Waals surface area contributed by atoms with Gasteiger partial charge in [0.25, 0.3) is 11.5 Å². The Morgan fingerprint density at radius 1 is 1.64 bits per heavy atom. The maximum Gasteiger partial charge on any atom is 0.263 e. The van der Waals surface area contributed by atoms with Gasteiger partial charge in [-0.05, 0) is 12.1 Å². The molecule has 1 rings (SSSR count). The summed E-state index contributed by atoms with van der Waals surface area (Å²) in [7, 11) is 1.60. The first-order chi connectivity index (χ1) is 6.66. The number of aromatic nitrogens is 1. The topological polar surface area (TPSA) is 51.1 Å². The van der Waals surface area contributed by atoms with Crippen LogP contribution < -0.4 is 10.9 Å². The Morgan fingerprint density at radius 2 is 2.36 bits per heavy atom. The van der Waals surface area contributed by atoms with Gasteiger partial charge in [-0.1, -0.05) is 0 Å². The number of carbonyl (C=O) groups is 1. The van der Waals surface area contributed by atoms with Crippen molar-refractivity contribution >= 4 is 17.5 Å². The minimum absolute atomic E-state index is 0.139. The predicted octanol–water partition coefficient (Wildman–Crippen LogP) is 0.354. The fourth-order valence-electron chi connectivity index (χ4n) is 1.03. The lowest BCUT2D eigenvalue weighted by Gasteiger charge is -2.03. The summed E-state index contributed by atoms with van der Waals surface area (Å²) in [5.74, 6) is -0.0503. The molecule has 1 aromatic rings. The van der Waals surface area contributed by atoms with E-state index in [0.29, 0.717) is 12.4 Å². The van der Waals surface area contributed by atoms with E-state index in [1.165, 1.54) is 10.6 Å². The maximum absolute atomic E-state index is 11.4. The zero-order valence-corrected chi connectivity index (χ0v) is 8.54. The Labute approximate surface area is 86.5 Å². The number of alkyl halides is 1. The number of carbonyl (C=O) groups excluding carboxylic acids is 1. The number of nitrogens with zero attached hydrogens (tertiary/aromatic N) is 1. The molecule has 14 heavy (non-hydrogen) atoms. The lowest BCUT2D eigenvalue weighted by Crippen LogP contribution is -2.32. The smallest absolute Gasteiger partial charge is 0.263 e. The Hall–Kier alpha value is -1.29. The van der Waals surface area contributed by atoms with Crippen LogP contribution in [0.2, 0.25) is 0 Å². The van der Waals surface area contributed by atoms with Crippen LogP contribution in [0.25, 0.3) is 0 Å². The molecule has 0 spiro atoms. The van der Waals surface area contributed by atoms with E-state index in [1.54, 1.807) is 19.3 Å². The molecule has 0 fully saturated rings. The fraction of sp³-hybridized carbons (Fsp3) is 0.333. The number of rotatable bonds is 3. The van der Waals surface area contributed by atoms with Crippen LogP contribution >= 0.6 is 11.6 Å². The molecular weight excluding hydrogens is 204 g/mol. The molecular formula is C9H11ClN2O2. The fourth-order valence-corrected chi connectivity index (χ4v) is 1.12. The standard InChI is InChI=1S/C9H11ClN2O2/c1-12-6-2-3-7(9(12)14)8(13)11-5-4-10/h2-3,6H,4-5H2,1H3,(H,11,13). The molecule has 0 unspecified atom stereocenters. The summed E-state index contributed by atoms with van der Waals surface area (Å²) in [6, 6.07) is 3.14. The van der Waals surface area contributed by atoms with E-state index in [0.717, 1.165) is 0 Å². The Bertz CT molecular complexity index is 387. The molecule has 1 heterocycles. The van der Waals surface area contributed by atoms with Crippen LogP contribution in [-0.2, 0) is 7.05 Å². The van der Waals surface area contributed by atoms with Crippen molar-refractivity contribution in [2.45, 2.75) is 0 Å². The van der Waals surface area contributed by atoms with Gasteiger partial charge in [0.15, 0.2) is 0 Å². The summed E-state index contributed by atoms with van der Waals surface area (Å²) < 4.78 is 1.36. The maximum atomic E-state index is 11.4. The van der Waals surface area contributed by atoms with Crippen molar-refractivity contribution in [1.82, 2.24) is 9.88 Å². The normalized spacial score (nSPS) is 9.86. The van der Waals surface area contributed by atoms with Crippen LogP contribution in [-0.4, -0.2) is 22.9 Å². The molecule has 0 atom stereocenters. The van der Waals surface area contributed by atoms with E-state index in [1.807, 2.05) is 0 Å². The lowest BCUT2D eigenvalue weighted by atomic mass is 10.2. The zero-order valence-electron chi connectivity index (χ0n) is 7.79. The van der Waals surface area contributed by atoms with Gasteiger partial charge >= 0.3 is 0 Å². The molecule has 5 heteroatoms. The van der Waals surface area contributed by atoms with E-state index in [4.69, 9.17) is 11.6 Å². The van der Waals surface area contributed by atoms with Gasteiger partial charge in [-0.25, -0.2) is 0 Å². The number of pyridine rings is 1. The Morgan fingerprint density at radius 3 is 3.00 bits per heavy atom. The molecule has 4 nitrogen and oxygen atoms in total. The number of hydrogen-bond donors (Lipinski definition) is 1. The van der Waals surface area contributed by atoms with E-state index >= 15 is 0 Å². The third kappa shape index (κ3) is 2.35. The Kier molecular flexibility index (Phi) is 3.71. The first kappa shape index (κ1) is 10.8. The minimum Gasteiger partial charge on any atom is -0.351 e. The van der Waals surface area contributed by atoms with Crippen molar-refractivity contribution in [3.8, 4) is 0 Å². The highest BCUT2D eigenvalue weighted by Crippen LogP contribution is 1.90. The van der Waals surface area contributed by atoms with Crippen LogP contribution in [0.5, 0.6) is 0 Å². The average molecular weight is 215 g/mol. The predicted molar refractivity (Wildman–Crippen MR) is 54.7 cm³/mol. The number of aryl methyl sites for hydroxylation is 1. The van der Waals surface area contributed by atoms with Crippen LogP contribution in [0, 0.1) is 0 Å². The van der Waals surface area contributed by atoms with Crippen molar-refractivity contribution in [3.63, 3.8) is 0 Å². The first-order valence-corrected chi connectivity index (χ1v) is 4.70. The lowest BCUT2D eigenvalue weighted by molar-refractivity contribution is 0.0954. The third-order valence-electron chi connectivity index (χ3n) is 1.75. The molecule has 0 radical (unpaired) electrons. The second kappa shape index (κ2) is 4.81. The van der Waals surface area contributed by atoms with Crippen molar-refractivity contribution in [2.24, 2.45) is 7.05 Å². The van der Waals surface area contributed by atoms with Crippen LogP contribution in [0.1, 0.15) is 10.4 Å². The quantitative estimate of drug-likeness (QED) is 0.739. The molecule has 0 aliphatic heterocycles. The highest BCUT2D eigenvalue weighted by atomic mass is 35.5. The molecule has 1 amide bonds. The second-order valence-corrected chi connectivity index (χ2v) is 3.16. The van der Waals surface area contributed by atoms with Gasteiger partial charge in [0.05, 0.1) is 0 Å². The van der Waals surface area contributed by atoms with Gasteiger partial charge < -0.3 is 9.88 Å². The van der Waals surface area contributed by atoms with E-state index in [9.17, 15) is 9.59 Å². The van der Waals surface area contributed by atoms with Crippen molar-refractivity contribution < 1.29 is 4.79 Å². The molecule has 76 valence electrons.